The van der Waals surface area contributed by atoms with Crippen molar-refractivity contribution in [3.05, 3.63) is 76.2 Å². The molecule has 0 fully saturated rings. The van der Waals surface area contributed by atoms with Crippen molar-refractivity contribution in [2.24, 2.45) is 0 Å². The lowest BCUT2D eigenvalue weighted by atomic mass is 10.1. The summed E-state index contributed by atoms with van der Waals surface area (Å²) in [5, 5.41) is 11.5. The third-order valence-electron chi connectivity index (χ3n) is 3.97. The number of benzene rings is 1. The Kier molecular flexibility index (Phi) is 6.14. The quantitative estimate of drug-likeness (QED) is 0.362. The van der Waals surface area contributed by atoms with Gasteiger partial charge in [-0.15, -0.1) is 11.3 Å². The number of fused-ring (bicyclic) bond motifs is 1. The Hall–Kier alpha value is -3.50. The molecule has 6 nitrogen and oxygen atoms in total. The molecule has 0 atom stereocenters. The first kappa shape index (κ1) is 19.3. The second-order valence-electron chi connectivity index (χ2n) is 5.77. The maximum atomic E-state index is 13.1. The molecule has 0 N–H and O–H groups in total. The van der Waals surface area contributed by atoms with Crippen LogP contribution in [0.2, 0.25) is 0 Å². The molecule has 0 spiro atoms. The maximum Gasteiger partial charge on any atom is 0.331 e. The predicted molar refractivity (Wildman–Crippen MR) is 109 cm³/mol. The Labute approximate surface area is 165 Å². The van der Waals surface area contributed by atoms with E-state index in [9.17, 15) is 9.59 Å². The van der Waals surface area contributed by atoms with Crippen molar-refractivity contribution >= 4 is 27.5 Å². The zero-order valence-electron chi connectivity index (χ0n) is 15.2. The summed E-state index contributed by atoms with van der Waals surface area (Å²) < 4.78 is 6.42. The standard InChI is InChI=1S/C21H17N3O3S/c1-2-3-5-10-18(25)27-13-17-23-20-19(21(26)24(17)12-11-22)16(14-28-20)15-8-6-4-7-9-15/h2-10,14H,12-13H2,1H3/b3-2+,10-5+. The molecule has 0 amide bonds. The van der Waals surface area contributed by atoms with Gasteiger partial charge in [-0.3, -0.25) is 9.36 Å². The van der Waals surface area contributed by atoms with Crippen molar-refractivity contribution in [1.82, 2.24) is 9.55 Å². The molecule has 0 radical (unpaired) electrons. The molecule has 0 saturated carbocycles. The molecule has 140 valence electrons. The number of esters is 1. The van der Waals surface area contributed by atoms with E-state index in [0.29, 0.717) is 10.2 Å². The minimum Gasteiger partial charge on any atom is -0.454 e. The topological polar surface area (TPSA) is 85.0 Å². The van der Waals surface area contributed by atoms with Gasteiger partial charge < -0.3 is 4.74 Å². The third-order valence-corrected chi connectivity index (χ3v) is 4.84. The number of hydrogen-bond donors (Lipinski definition) is 0. The van der Waals surface area contributed by atoms with Crippen LogP contribution in [0.1, 0.15) is 12.7 Å². The maximum absolute atomic E-state index is 13.1. The largest absolute Gasteiger partial charge is 0.454 e. The average molecular weight is 391 g/mol. The van der Waals surface area contributed by atoms with E-state index < -0.39 is 5.97 Å². The van der Waals surface area contributed by atoms with Gasteiger partial charge in [-0.05, 0) is 12.5 Å². The Morgan fingerprint density at radius 1 is 1.32 bits per heavy atom. The SMILES string of the molecule is C/C=C/C=C/C(=O)OCc1nc2scc(-c3ccccc3)c2c(=O)n1CC#N. The van der Waals surface area contributed by atoms with Crippen LogP contribution in [0.4, 0.5) is 0 Å². The van der Waals surface area contributed by atoms with Gasteiger partial charge in [0.05, 0.1) is 11.5 Å². The van der Waals surface area contributed by atoms with Gasteiger partial charge in [0.2, 0.25) is 0 Å². The van der Waals surface area contributed by atoms with E-state index in [4.69, 9.17) is 10.00 Å². The fourth-order valence-electron chi connectivity index (χ4n) is 2.67. The van der Waals surface area contributed by atoms with E-state index in [1.807, 2.05) is 48.7 Å². The van der Waals surface area contributed by atoms with Gasteiger partial charge >= 0.3 is 5.97 Å². The minimum absolute atomic E-state index is 0.173. The highest BCUT2D eigenvalue weighted by atomic mass is 32.1. The van der Waals surface area contributed by atoms with Crippen LogP contribution in [-0.2, 0) is 22.7 Å². The fraction of sp³-hybridized carbons (Fsp3) is 0.143. The van der Waals surface area contributed by atoms with Gasteiger partial charge in [0.15, 0.2) is 5.82 Å². The molecule has 0 bridgehead atoms. The van der Waals surface area contributed by atoms with Crippen molar-refractivity contribution in [3.63, 3.8) is 0 Å². The van der Waals surface area contributed by atoms with Gasteiger partial charge in [-0.1, -0.05) is 48.6 Å². The van der Waals surface area contributed by atoms with E-state index in [1.165, 1.54) is 22.0 Å². The molecular formula is C21H17N3O3S. The number of hydrogen-bond acceptors (Lipinski definition) is 6. The van der Waals surface area contributed by atoms with E-state index in [2.05, 4.69) is 4.98 Å². The third kappa shape index (κ3) is 4.08. The van der Waals surface area contributed by atoms with Crippen molar-refractivity contribution in [3.8, 4) is 17.2 Å². The van der Waals surface area contributed by atoms with E-state index in [-0.39, 0.29) is 24.5 Å². The summed E-state index contributed by atoms with van der Waals surface area (Å²) in [6, 6.07) is 11.5. The summed E-state index contributed by atoms with van der Waals surface area (Å²) in [4.78, 5) is 29.9. The van der Waals surface area contributed by atoms with Crippen molar-refractivity contribution in [2.45, 2.75) is 20.1 Å². The van der Waals surface area contributed by atoms with Crippen LogP contribution in [0.25, 0.3) is 21.3 Å². The summed E-state index contributed by atoms with van der Waals surface area (Å²) in [6.07, 6.45) is 6.33. The van der Waals surface area contributed by atoms with E-state index in [1.54, 1.807) is 18.2 Å². The molecule has 28 heavy (non-hydrogen) atoms. The molecule has 0 aliphatic heterocycles. The number of nitrogens with zero attached hydrogens (tertiary/aromatic N) is 3. The predicted octanol–water partition coefficient (Wildman–Crippen LogP) is 3.82. The molecule has 0 saturated heterocycles. The van der Waals surface area contributed by atoms with Gasteiger partial charge in [0.25, 0.3) is 5.56 Å². The van der Waals surface area contributed by atoms with E-state index in [0.717, 1.165) is 11.1 Å². The zero-order valence-corrected chi connectivity index (χ0v) is 16.0. The van der Waals surface area contributed by atoms with Crippen LogP contribution in [-0.4, -0.2) is 15.5 Å². The highest BCUT2D eigenvalue weighted by molar-refractivity contribution is 7.17. The fourth-order valence-corrected chi connectivity index (χ4v) is 3.63. The minimum atomic E-state index is -0.549. The zero-order chi connectivity index (χ0) is 19.9. The Morgan fingerprint density at radius 3 is 2.82 bits per heavy atom. The van der Waals surface area contributed by atoms with Gasteiger partial charge in [0.1, 0.15) is 18.0 Å². The van der Waals surface area contributed by atoms with Crippen LogP contribution in [0, 0.1) is 11.3 Å². The van der Waals surface area contributed by atoms with Crippen LogP contribution >= 0.6 is 11.3 Å². The molecule has 0 aliphatic rings. The molecule has 1 aromatic carbocycles. The molecule has 2 aromatic heterocycles. The molecular weight excluding hydrogens is 374 g/mol. The number of rotatable bonds is 6. The lowest BCUT2D eigenvalue weighted by molar-refractivity contribution is -0.139. The van der Waals surface area contributed by atoms with Crippen molar-refractivity contribution in [2.75, 3.05) is 0 Å². The lowest BCUT2D eigenvalue weighted by Gasteiger charge is -2.10. The Bertz CT molecular complexity index is 1150. The Morgan fingerprint density at radius 2 is 2.11 bits per heavy atom. The number of nitriles is 1. The normalized spacial score (nSPS) is 11.3. The number of thiophene rings is 1. The Balaban J connectivity index is 2.00. The lowest BCUT2D eigenvalue weighted by Crippen LogP contribution is -2.25. The van der Waals surface area contributed by atoms with Crippen LogP contribution in [0.5, 0.6) is 0 Å². The summed E-state index contributed by atoms with van der Waals surface area (Å²) in [5.74, 6) is -0.305. The first-order chi connectivity index (χ1) is 13.7. The van der Waals surface area contributed by atoms with Gasteiger partial charge in [0, 0.05) is 17.0 Å². The second-order valence-corrected chi connectivity index (χ2v) is 6.62. The van der Waals surface area contributed by atoms with Crippen molar-refractivity contribution in [1.29, 1.82) is 5.26 Å². The first-order valence-electron chi connectivity index (χ1n) is 8.55. The smallest absolute Gasteiger partial charge is 0.331 e. The molecule has 3 rings (SSSR count). The van der Waals surface area contributed by atoms with Crippen LogP contribution in [0.15, 0.2) is 64.8 Å². The molecule has 2 heterocycles. The number of ether oxygens (including phenoxy) is 1. The summed E-state index contributed by atoms with van der Waals surface area (Å²) >= 11 is 1.34. The van der Waals surface area contributed by atoms with E-state index >= 15 is 0 Å². The molecule has 7 heteroatoms. The number of carbonyl (C=O) groups is 1. The monoisotopic (exact) mass is 391 g/mol. The summed E-state index contributed by atoms with van der Waals surface area (Å²) in [7, 11) is 0. The summed E-state index contributed by atoms with van der Waals surface area (Å²) in [5.41, 5.74) is 1.37. The van der Waals surface area contributed by atoms with Gasteiger partial charge in [-0.2, -0.15) is 5.26 Å². The van der Waals surface area contributed by atoms with Crippen molar-refractivity contribution < 1.29 is 9.53 Å². The molecule has 3 aromatic rings. The highest BCUT2D eigenvalue weighted by Crippen LogP contribution is 2.30. The first-order valence-corrected chi connectivity index (χ1v) is 9.43. The molecule has 0 aliphatic carbocycles. The molecule has 0 unspecified atom stereocenters. The van der Waals surface area contributed by atoms with Crippen LogP contribution in [0.3, 0.4) is 0 Å². The number of carbonyl (C=O) groups excluding carboxylic acids is 1. The number of aromatic nitrogens is 2. The summed E-state index contributed by atoms with van der Waals surface area (Å²) in [6.45, 7) is 1.47. The van der Waals surface area contributed by atoms with Gasteiger partial charge in [-0.25, -0.2) is 9.78 Å². The van der Waals surface area contributed by atoms with Crippen LogP contribution < -0.4 is 5.56 Å². The second kappa shape index (κ2) is 8.93. The average Bonchev–Trinajstić information content (AvgIpc) is 3.14. The number of allylic oxidation sites excluding steroid dienone is 3. The highest BCUT2D eigenvalue weighted by Gasteiger charge is 2.17.